The Bertz CT molecular complexity index is 1440. The zero-order valence-corrected chi connectivity index (χ0v) is 28.8. The fourth-order valence-corrected chi connectivity index (χ4v) is 5.68. The van der Waals surface area contributed by atoms with Gasteiger partial charge in [-0.25, -0.2) is 4.79 Å². The van der Waals surface area contributed by atoms with E-state index < -0.39 is 23.9 Å². The van der Waals surface area contributed by atoms with Crippen LogP contribution in [0, 0.1) is 0 Å². The van der Waals surface area contributed by atoms with E-state index in [1.165, 1.54) is 0 Å². The minimum absolute atomic E-state index is 0.0436. The van der Waals surface area contributed by atoms with Gasteiger partial charge in [-0.1, -0.05) is 54.6 Å². The molecule has 0 aliphatic carbocycles. The van der Waals surface area contributed by atoms with E-state index in [0.717, 1.165) is 34.6 Å². The number of para-hydroxylation sites is 1. The molecular formula is C38H50N2O8. The Labute approximate surface area is 284 Å². The van der Waals surface area contributed by atoms with Gasteiger partial charge in [0.1, 0.15) is 17.1 Å². The number of carbonyl (C=O) groups is 2. The number of likely N-dealkylation sites (N-methyl/N-ethyl adjacent to an activating group) is 1. The van der Waals surface area contributed by atoms with E-state index in [4.69, 9.17) is 23.7 Å². The lowest BCUT2D eigenvalue weighted by atomic mass is 9.86. The molecule has 3 aromatic carbocycles. The molecule has 0 aromatic heterocycles. The van der Waals surface area contributed by atoms with E-state index in [0.29, 0.717) is 44.8 Å². The molecule has 2 amide bonds. The van der Waals surface area contributed by atoms with E-state index in [-0.39, 0.29) is 25.0 Å². The predicted molar refractivity (Wildman–Crippen MR) is 183 cm³/mol. The van der Waals surface area contributed by atoms with Gasteiger partial charge in [-0.05, 0) is 68.5 Å². The average molecular weight is 663 g/mol. The predicted octanol–water partition coefficient (Wildman–Crippen LogP) is 5.81. The molecule has 0 radical (unpaired) electrons. The molecule has 1 saturated heterocycles. The van der Waals surface area contributed by atoms with Crippen LogP contribution in [-0.4, -0.2) is 80.8 Å². The molecule has 3 aromatic rings. The Hall–Kier alpha value is -4.12. The van der Waals surface area contributed by atoms with Crippen LogP contribution in [0.1, 0.15) is 67.9 Å². The number of amides is 2. The molecule has 4 rings (SSSR count). The molecule has 260 valence electrons. The summed E-state index contributed by atoms with van der Waals surface area (Å²) in [5, 5.41) is 12.0. The highest BCUT2D eigenvalue weighted by atomic mass is 16.6. The number of rotatable bonds is 15. The summed E-state index contributed by atoms with van der Waals surface area (Å²) in [5.41, 5.74) is 3.06. The summed E-state index contributed by atoms with van der Waals surface area (Å²) < 4.78 is 29.5. The third kappa shape index (κ3) is 10.7. The number of nitrogens with zero attached hydrogens (tertiary/aromatic N) is 1. The number of carbonyl (C=O) groups excluding carboxylic acids is 2. The fourth-order valence-electron chi connectivity index (χ4n) is 5.68. The molecule has 2 N–H and O–H groups in total. The molecular weight excluding hydrogens is 612 g/mol. The van der Waals surface area contributed by atoms with Crippen molar-refractivity contribution in [1.29, 1.82) is 0 Å². The number of aliphatic hydroxyl groups excluding tert-OH is 1. The van der Waals surface area contributed by atoms with Crippen LogP contribution >= 0.6 is 0 Å². The lowest BCUT2D eigenvalue weighted by Gasteiger charge is -2.40. The van der Waals surface area contributed by atoms with Gasteiger partial charge in [-0.3, -0.25) is 4.79 Å². The van der Waals surface area contributed by atoms with Crippen molar-refractivity contribution in [2.75, 3.05) is 47.1 Å². The third-order valence-electron chi connectivity index (χ3n) is 8.15. The van der Waals surface area contributed by atoms with Gasteiger partial charge in [0.2, 0.25) is 0 Å². The van der Waals surface area contributed by atoms with Crippen LogP contribution < -0.4 is 14.8 Å². The van der Waals surface area contributed by atoms with Gasteiger partial charge >= 0.3 is 6.09 Å². The van der Waals surface area contributed by atoms with E-state index in [1.54, 1.807) is 19.1 Å². The minimum atomic E-state index is -0.892. The van der Waals surface area contributed by atoms with Gasteiger partial charge in [0, 0.05) is 38.1 Å². The number of hydrogen-bond acceptors (Lipinski definition) is 8. The normalized spacial score (nSPS) is 17.0. The number of aliphatic hydroxyl groups is 1. The monoisotopic (exact) mass is 662 g/mol. The maximum absolute atomic E-state index is 13.1. The average Bonchev–Trinajstić information content (AvgIpc) is 3.08. The maximum Gasteiger partial charge on any atom is 0.410 e. The summed E-state index contributed by atoms with van der Waals surface area (Å²) in [6, 6.07) is 23.2. The topological polar surface area (TPSA) is 116 Å². The van der Waals surface area contributed by atoms with Gasteiger partial charge in [-0.15, -0.1) is 0 Å². The first-order valence-electron chi connectivity index (χ1n) is 16.6. The van der Waals surface area contributed by atoms with Crippen molar-refractivity contribution in [3.05, 3.63) is 95.1 Å². The lowest BCUT2D eigenvalue weighted by molar-refractivity contribution is -0.140. The Kier molecular flexibility index (Phi) is 13.7. The molecule has 1 aliphatic heterocycles. The number of methoxy groups -OCH3 is 1. The summed E-state index contributed by atoms with van der Waals surface area (Å²) >= 11 is 0. The standard InChI is InChI=1S/C38H50N2O8/c1-38(2,3)48-37(43)40-21-19-32(34(25-40)47-35(36(42)39-4)29-13-11-27(12-14-29)20-22-41)28-15-17-31(18-16-28)46-24-8-23-45-26-30-9-6-7-10-33(30)44-5/h6-7,9-18,32,34-35,41H,8,19-26H2,1-5H3,(H,39,42). The summed E-state index contributed by atoms with van der Waals surface area (Å²) in [7, 11) is 3.23. The van der Waals surface area contributed by atoms with Gasteiger partial charge in [0.05, 0.1) is 39.6 Å². The zero-order chi connectivity index (χ0) is 34.5. The number of hydrogen-bond donors (Lipinski definition) is 2. The van der Waals surface area contributed by atoms with Gasteiger partial charge in [-0.2, -0.15) is 0 Å². The van der Waals surface area contributed by atoms with E-state index >= 15 is 0 Å². The number of nitrogens with one attached hydrogen (secondary N) is 1. The Balaban J connectivity index is 1.42. The summed E-state index contributed by atoms with van der Waals surface area (Å²) in [6.07, 6.45) is 0.102. The highest BCUT2D eigenvalue weighted by molar-refractivity contribution is 5.82. The maximum atomic E-state index is 13.1. The molecule has 1 fully saturated rings. The van der Waals surface area contributed by atoms with Crippen LogP contribution in [0.5, 0.6) is 11.5 Å². The van der Waals surface area contributed by atoms with Crippen molar-refractivity contribution in [3.63, 3.8) is 0 Å². The van der Waals surface area contributed by atoms with Crippen molar-refractivity contribution in [1.82, 2.24) is 10.2 Å². The highest BCUT2D eigenvalue weighted by Gasteiger charge is 2.38. The second kappa shape index (κ2) is 17.9. The quantitative estimate of drug-likeness (QED) is 0.196. The molecule has 48 heavy (non-hydrogen) atoms. The van der Waals surface area contributed by atoms with E-state index in [1.807, 2.05) is 93.6 Å². The number of benzene rings is 3. The fraction of sp³-hybridized carbons (Fsp3) is 0.474. The highest BCUT2D eigenvalue weighted by Crippen LogP contribution is 2.35. The molecule has 0 bridgehead atoms. The Morgan fingerprint density at radius 2 is 1.73 bits per heavy atom. The largest absolute Gasteiger partial charge is 0.496 e. The van der Waals surface area contributed by atoms with Crippen molar-refractivity contribution < 1.29 is 38.4 Å². The summed E-state index contributed by atoms with van der Waals surface area (Å²) in [4.78, 5) is 27.9. The van der Waals surface area contributed by atoms with Crippen molar-refractivity contribution in [2.45, 2.75) is 70.4 Å². The first-order valence-corrected chi connectivity index (χ1v) is 16.6. The second-order valence-corrected chi connectivity index (χ2v) is 12.8. The first-order chi connectivity index (χ1) is 23.1. The SMILES string of the molecule is CNC(=O)C(OC1CN(C(=O)OC(C)(C)C)CCC1c1ccc(OCCCOCc2ccccc2OC)cc1)c1ccc(CCO)cc1. The van der Waals surface area contributed by atoms with E-state index in [2.05, 4.69) is 5.32 Å². The summed E-state index contributed by atoms with van der Waals surface area (Å²) in [6.45, 7) is 7.87. The van der Waals surface area contributed by atoms with Crippen molar-refractivity contribution in [3.8, 4) is 11.5 Å². The summed E-state index contributed by atoms with van der Waals surface area (Å²) in [5.74, 6) is 1.20. The van der Waals surface area contributed by atoms with Crippen LogP contribution in [0.3, 0.4) is 0 Å². The van der Waals surface area contributed by atoms with Crippen molar-refractivity contribution in [2.24, 2.45) is 0 Å². The van der Waals surface area contributed by atoms with Crippen molar-refractivity contribution >= 4 is 12.0 Å². The lowest BCUT2D eigenvalue weighted by Crippen LogP contribution is -2.49. The first kappa shape index (κ1) is 36.7. The minimum Gasteiger partial charge on any atom is -0.496 e. The van der Waals surface area contributed by atoms with Gasteiger partial charge in [0.25, 0.3) is 5.91 Å². The molecule has 0 saturated carbocycles. The molecule has 10 heteroatoms. The molecule has 1 heterocycles. The second-order valence-electron chi connectivity index (χ2n) is 12.8. The van der Waals surface area contributed by atoms with Gasteiger partial charge < -0.3 is 39.0 Å². The molecule has 3 unspecified atom stereocenters. The third-order valence-corrected chi connectivity index (χ3v) is 8.15. The number of piperidine rings is 1. The van der Waals surface area contributed by atoms with Crippen LogP contribution in [0.15, 0.2) is 72.8 Å². The van der Waals surface area contributed by atoms with Crippen LogP contribution in [-0.2, 0) is 32.0 Å². The molecule has 0 spiro atoms. The van der Waals surface area contributed by atoms with Crippen LogP contribution in [0.4, 0.5) is 4.79 Å². The Morgan fingerprint density at radius 1 is 1.00 bits per heavy atom. The van der Waals surface area contributed by atoms with Crippen LogP contribution in [0.2, 0.25) is 0 Å². The molecule has 3 atom stereocenters. The van der Waals surface area contributed by atoms with Crippen LogP contribution in [0.25, 0.3) is 0 Å². The van der Waals surface area contributed by atoms with Gasteiger partial charge in [0.15, 0.2) is 6.10 Å². The molecule has 10 nitrogen and oxygen atoms in total. The zero-order valence-electron chi connectivity index (χ0n) is 28.8. The number of likely N-dealkylation sites (tertiary alicyclic amines) is 1. The Morgan fingerprint density at radius 3 is 2.40 bits per heavy atom. The number of ether oxygens (including phenoxy) is 5. The smallest absolute Gasteiger partial charge is 0.410 e. The van der Waals surface area contributed by atoms with E-state index in [9.17, 15) is 14.7 Å². The molecule has 1 aliphatic rings.